The fourth-order valence-corrected chi connectivity index (χ4v) is 1.80. The molecule has 0 aliphatic heterocycles. The van der Waals surface area contributed by atoms with Crippen LogP contribution in [0, 0.1) is 13.8 Å². The molecule has 0 saturated heterocycles. The Morgan fingerprint density at radius 1 is 1.20 bits per heavy atom. The van der Waals surface area contributed by atoms with Crippen molar-refractivity contribution in [2.45, 2.75) is 13.8 Å². The summed E-state index contributed by atoms with van der Waals surface area (Å²) in [5.74, 6) is 0.804. The van der Waals surface area contributed by atoms with Gasteiger partial charge < -0.3 is 5.32 Å². The summed E-state index contributed by atoms with van der Waals surface area (Å²) in [4.78, 5) is 16.2. The highest BCUT2D eigenvalue weighted by Gasteiger charge is 2.11. The van der Waals surface area contributed by atoms with E-state index in [-0.39, 0.29) is 11.6 Å². The lowest BCUT2D eigenvalue weighted by Crippen LogP contribution is -2.16. The van der Waals surface area contributed by atoms with E-state index < -0.39 is 0 Å². The maximum absolute atomic E-state index is 12.1. The third kappa shape index (κ3) is 2.20. The summed E-state index contributed by atoms with van der Waals surface area (Å²) in [7, 11) is 0. The highest BCUT2D eigenvalue weighted by atomic mass is 16.2. The van der Waals surface area contributed by atoms with Crippen LogP contribution in [0.2, 0.25) is 0 Å². The SMILES string of the molecule is Cc1ccnc(NC(=O)c2ccc3nnc(C)n3n2)c1. The largest absolute Gasteiger partial charge is 0.305 e. The van der Waals surface area contributed by atoms with E-state index in [1.807, 2.05) is 13.0 Å². The molecule has 3 rings (SSSR count). The molecule has 0 saturated carbocycles. The minimum Gasteiger partial charge on any atom is -0.305 e. The molecule has 3 heterocycles. The molecule has 20 heavy (non-hydrogen) atoms. The van der Waals surface area contributed by atoms with Gasteiger partial charge in [0.15, 0.2) is 11.5 Å². The Morgan fingerprint density at radius 3 is 2.85 bits per heavy atom. The van der Waals surface area contributed by atoms with E-state index in [9.17, 15) is 4.79 Å². The van der Waals surface area contributed by atoms with Crippen LogP contribution in [-0.2, 0) is 0 Å². The summed E-state index contributed by atoms with van der Waals surface area (Å²) in [5.41, 5.74) is 1.91. The average Bonchev–Trinajstić information content (AvgIpc) is 2.80. The van der Waals surface area contributed by atoms with Crippen LogP contribution < -0.4 is 5.32 Å². The van der Waals surface area contributed by atoms with Crippen LogP contribution in [0.25, 0.3) is 5.65 Å². The average molecular weight is 268 g/mol. The van der Waals surface area contributed by atoms with Gasteiger partial charge in [-0.15, -0.1) is 10.2 Å². The van der Waals surface area contributed by atoms with Crippen LogP contribution in [0.1, 0.15) is 21.9 Å². The zero-order valence-corrected chi connectivity index (χ0v) is 11.0. The number of nitrogens with zero attached hydrogens (tertiary/aromatic N) is 5. The molecular formula is C13H12N6O. The molecule has 0 radical (unpaired) electrons. The number of carbonyl (C=O) groups is 1. The van der Waals surface area contributed by atoms with Crippen molar-refractivity contribution in [3.05, 3.63) is 47.5 Å². The Bertz CT molecular complexity index is 794. The standard InChI is InChI=1S/C13H12N6O/c1-8-5-6-14-11(7-8)15-13(20)10-3-4-12-17-16-9(2)19(12)18-10/h3-7H,1-2H3,(H,14,15,20). The number of carbonyl (C=O) groups excluding carboxylic acids is 1. The summed E-state index contributed by atoms with van der Waals surface area (Å²) >= 11 is 0. The predicted molar refractivity (Wildman–Crippen MR) is 72.4 cm³/mol. The van der Waals surface area contributed by atoms with E-state index in [1.54, 1.807) is 31.3 Å². The number of hydrogen-bond acceptors (Lipinski definition) is 5. The van der Waals surface area contributed by atoms with Crippen molar-refractivity contribution in [3.8, 4) is 0 Å². The molecular weight excluding hydrogens is 256 g/mol. The molecule has 7 heteroatoms. The highest BCUT2D eigenvalue weighted by molar-refractivity contribution is 6.02. The van der Waals surface area contributed by atoms with E-state index in [0.717, 1.165) is 5.56 Å². The number of nitrogens with one attached hydrogen (secondary N) is 1. The minimum atomic E-state index is -0.321. The Balaban J connectivity index is 1.90. The first-order valence-corrected chi connectivity index (χ1v) is 6.06. The molecule has 3 aromatic heterocycles. The summed E-state index contributed by atoms with van der Waals surface area (Å²) in [5, 5.41) is 14.7. The molecule has 1 amide bonds. The topological polar surface area (TPSA) is 85.1 Å². The molecule has 100 valence electrons. The van der Waals surface area contributed by atoms with E-state index >= 15 is 0 Å². The van der Waals surface area contributed by atoms with Crippen molar-refractivity contribution in [1.82, 2.24) is 24.8 Å². The van der Waals surface area contributed by atoms with Gasteiger partial charge in [-0.05, 0) is 43.7 Å². The summed E-state index contributed by atoms with van der Waals surface area (Å²) in [6.07, 6.45) is 1.64. The van der Waals surface area contributed by atoms with Gasteiger partial charge >= 0.3 is 0 Å². The van der Waals surface area contributed by atoms with E-state index in [4.69, 9.17) is 0 Å². The molecule has 0 aliphatic rings. The lowest BCUT2D eigenvalue weighted by atomic mass is 10.3. The van der Waals surface area contributed by atoms with Crippen LogP contribution in [0.15, 0.2) is 30.5 Å². The Hall–Kier alpha value is -2.83. The van der Waals surface area contributed by atoms with Gasteiger partial charge in [0.1, 0.15) is 11.5 Å². The second kappa shape index (κ2) is 4.69. The predicted octanol–water partition coefficient (Wildman–Crippen LogP) is 1.39. The van der Waals surface area contributed by atoms with Gasteiger partial charge in [-0.1, -0.05) is 0 Å². The maximum atomic E-state index is 12.1. The third-order valence-corrected chi connectivity index (χ3v) is 2.81. The number of pyridine rings is 1. The molecule has 7 nitrogen and oxygen atoms in total. The molecule has 1 N–H and O–H groups in total. The Labute approximate surface area is 114 Å². The van der Waals surface area contributed by atoms with Gasteiger partial charge in [0.25, 0.3) is 5.91 Å². The zero-order valence-electron chi connectivity index (χ0n) is 11.0. The van der Waals surface area contributed by atoms with Gasteiger partial charge in [-0.2, -0.15) is 9.61 Å². The number of amides is 1. The van der Waals surface area contributed by atoms with Crippen LogP contribution in [0.5, 0.6) is 0 Å². The number of anilines is 1. The fourth-order valence-electron chi connectivity index (χ4n) is 1.80. The third-order valence-electron chi connectivity index (χ3n) is 2.81. The lowest BCUT2D eigenvalue weighted by Gasteiger charge is -2.04. The quantitative estimate of drug-likeness (QED) is 0.759. The molecule has 0 bridgehead atoms. The van der Waals surface area contributed by atoms with Crippen molar-refractivity contribution >= 4 is 17.4 Å². The number of aromatic nitrogens is 5. The van der Waals surface area contributed by atoms with Crippen molar-refractivity contribution in [1.29, 1.82) is 0 Å². The lowest BCUT2D eigenvalue weighted by molar-refractivity contribution is 0.102. The number of hydrogen-bond donors (Lipinski definition) is 1. The first-order chi connectivity index (χ1) is 9.63. The Morgan fingerprint density at radius 2 is 2.05 bits per heavy atom. The molecule has 0 fully saturated rings. The van der Waals surface area contributed by atoms with Gasteiger partial charge in [-0.25, -0.2) is 4.98 Å². The molecule has 0 unspecified atom stereocenters. The van der Waals surface area contributed by atoms with Crippen molar-refractivity contribution in [2.24, 2.45) is 0 Å². The van der Waals surface area contributed by atoms with Crippen molar-refractivity contribution < 1.29 is 4.79 Å². The van der Waals surface area contributed by atoms with E-state index in [0.29, 0.717) is 17.3 Å². The van der Waals surface area contributed by atoms with Crippen molar-refractivity contribution in [2.75, 3.05) is 5.32 Å². The minimum absolute atomic E-state index is 0.281. The number of aryl methyl sites for hydroxylation is 2. The Kier molecular flexibility index (Phi) is 2.86. The van der Waals surface area contributed by atoms with Gasteiger partial charge in [0.2, 0.25) is 0 Å². The number of rotatable bonds is 2. The normalized spacial score (nSPS) is 10.7. The summed E-state index contributed by atoms with van der Waals surface area (Å²) < 4.78 is 1.53. The first kappa shape index (κ1) is 12.2. The molecule has 0 aromatic carbocycles. The molecule has 3 aromatic rings. The van der Waals surface area contributed by atoms with Crippen LogP contribution in [0.4, 0.5) is 5.82 Å². The van der Waals surface area contributed by atoms with Gasteiger partial charge in [0, 0.05) is 6.20 Å². The summed E-state index contributed by atoms with van der Waals surface area (Å²) in [6, 6.07) is 6.96. The molecule has 0 aliphatic carbocycles. The highest BCUT2D eigenvalue weighted by Crippen LogP contribution is 2.08. The fraction of sp³-hybridized carbons (Fsp3) is 0.154. The molecule has 0 atom stereocenters. The monoisotopic (exact) mass is 268 g/mol. The number of fused-ring (bicyclic) bond motifs is 1. The maximum Gasteiger partial charge on any atom is 0.277 e. The van der Waals surface area contributed by atoms with E-state index in [2.05, 4.69) is 25.6 Å². The second-order valence-electron chi connectivity index (χ2n) is 4.41. The zero-order chi connectivity index (χ0) is 14.1. The van der Waals surface area contributed by atoms with Gasteiger partial charge in [0.05, 0.1) is 0 Å². The van der Waals surface area contributed by atoms with Crippen LogP contribution >= 0.6 is 0 Å². The van der Waals surface area contributed by atoms with Crippen molar-refractivity contribution in [3.63, 3.8) is 0 Å². The van der Waals surface area contributed by atoms with Crippen LogP contribution in [-0.4, -0.2) is 30.7 Å². The van der Waals surface area contributed by atoms with Gasteiger partial charge in [-0.3, -0.25) is 4.79 Å². The summed E-state index contributed by atoms with van der Waals surface area (Å²) in [6.45, 7) is 3.71. The first-order valence-electron chi connectivity index (χ1n) is 6.06. The second-order valence-corrected chi connectivity index (χ2v) is 4.41. The van der Waals surface area contributed by atoms with E-state index in [1.165, 1.54) is 4.52 Å². The molecule has 0 spiro atoms. The smallest absolute Gasteiger partial charge is 0.277 e. The van der Waals surface area contributed by atoms with Crippen LogP contribution in [0.3, 0.4) is 0 Å².